The first kappa shape index (κ1) is 12.3. The highest BCUT2D eigenvalue weighted by Crippen LogP contribution is 2.13. The van der Waals surface area contributed by atoms with Crippen molar-refractivity contribution in [1.82, 2.24) is 14.9 Å². The Bertz CT molecular complexity index is 361. The summed E-state index contributed by atoms with van der Waals surface area (Å²) >= 11 is 0. The van der Waals surface area contributed by atoms with Gasteiger partial charge in [0.1, 0.15) is 12.1 Å². The predicted molar refractivity (Wildman–Crippen MR) is 67.1 cm³/mol. The SMILES string of the molecule is Cc1cc(N2CCN(C[C@@H](C)O)CC2)ncn1. The maximum atomic E-state index is 9.35. The summed E-state index contributed by atoms with van der Waals surface area (Å²) in [6, 6.07) is 2.02. The summed E-state index contributed by atoms with van der Waals surface area (Å²) in [4.78, 5) is 13.0. The molecule has 2 rings (SSSR count). The molecule has 1 aliphatic rings. The fourth-order valence-electron chi connectivity index (χ4n) is 2.15. The zero-order valence-electron chi connectivity index (χ0n) is 10.5. The zero-order chi connectivity index (χ0) is 12.3. The fourth-order valence-corrected chi connectivity index (χ4v) is 2.15. The van der Waals surface area contributed by atoms with E-state index in [4.69, 9.17) is 0 Å². The molecule has 0 radical (unpaired) electrons. The van der Waals surface area contributed by atoms with Crippen molar-refractivity contribution < 1.29 is 5.11 Å². The summed E-state index contributed by atoms with van der Waals surface area (Å²) in [5, 5.41) is 9.35. The lowest BCUT2D eigenvalue weighted by Gasteiger charge is -2.35. The van der Waals surface area contributed by atoms with Crippen molar-refractivity contribution in [2.24, 2.45) is 0 Å². The topological polar surface area (TPSA) is 52.5 Å². The number of rotatable bonds is 3. The number of piperazine rings is 1. The van der Waals surface area contributed by atoms with Crippen LogP contribution in [0.25, 0.3) is 0 Å². The summed E-state index contributed by atoms with van der Waals surface area (Å²) in [7, 11) is 0. The third-order valence-electron chi connectivity index (χ3n) is 3.01. The molecule has 1 fully saturated rings. The van der Waals surface area contributed by atoms with Gasteiger partial charge in [-0.15, -0.1) is 0 Å². The van der Waals surface area contributed by atoms with E-state index in [1.165, 1.54) is 0 Å². The molecule has 0 unspecified atom stereocenters. The first-order valence-corrected chi connectivity index (χ1v) is 6.09. The van der Waals surface area contributed by atoms with Crippen LogP contribution in [0.4, 0.5) is 5.82 Å². The highest BCUT2D eigenvalue weighted by molar-refractivity contribution is 5.39. The van der Waals surface area contributed by atoms with E-state index in [2.05, 4.69) is 19.8 Å². The molecule has 0 aliphatic carbocycles. The van der Waals surface area contributed by atoms with Crippen LogP contribution in [-0.4, -0.2) is 58.8 Å². The second-order valence-corrected chi connectivity index (χ2v) is 4.65. The average Bonchev–Trinajstić information content (AvgIpc) is 2.29. The lowest BCUT2D eigenvalue weighted by Crippen LogP contribution is -2.48. The monoisotopic (exact) mass is 236 g/mol. The minimum absolute atomic E-state index is 0.247. The van der Waals surface area contributed by atoms with Crippen LogP contribution < -0.4 is 4.90 Å². The van der Waals surface area contributed by atoms with E-state index in [1.807, 2.05) is 19.9 Å². The number of hydrogen-bond donors (Lipinski definition) is 1. The van der Waals surface area contributed by atoms with Gasteiger partial charge in [0, 0.05) is 44.5 Å². The number of hydrogen-bond acceptors (Lipinski definition) is 5. The van der Waals surface area contributed by atoms with Crippen molar-refractivity contribution in [2.75, 3.05) is 37.6 Å². The number of aliphatic hydroxyl groups excluding tert-OH is 1. The molecular weight excluding hydrogens is 216 g/mol. The lowest BCUT2D eigenvalue weighted by atomic mass is 10.2. The molecular formula is C12H20N4O. The van der Waals surface area contributed by atoms with Gasteiger partial charge in [-0.2, -0.15) is 0 Å². The van der Waals surface area contributed by atoms with Gasteiger partial charge in [-0.1, -0.05) is 0 Å². The van der Waals surface area contributed by atoms with Gasteiger partial charge in [0.25, 0.3) is 0 Å². The highest BCUT2D eigenvalue weighted by Gasteiger charge is 2.18. The molecule has 1 aromatic rings. The zero-order valence-corrected chi connectivity index (χ0v) is 10.5. The van der Waals surface area contributed by atoms with Crippen LogP contribution in [0.15, 0.2) is 12.4 Å². The third-order valence-corrected chi connectivity index (χ3v) is 3.01. The molecule has 2 heterocycles. The summed E-state index contributed by atoms with van der Waals surface area (Å²) in [5.74, 6) is 1.01. The summed E-state index contributed by atoms with van der Waals surface area (Å²) < 4.78 is 0. The van der Waals surface area contributed by atoms with Gasteiger partial charge in [-0.25, -0.2) is 9.97 Å². The molecule has 1 aromatic heterocycles. The van der Waals surface area contributed by atoms with Crippen LogP contribution in [0.1, 0.15) is 12.6 Å². The number of β-amino-alcohol motifs (C(OH)–C–C–N with tert-alkyl or cyclic N) is 1. The van der Waals surface area contributed by atoms with Crippen molar-refractivity contribution in [3.63, 3.8) is 0 Å². The summed E-state index contributed by atoms with van der Waals surface area (Å²) in [6.45, 7) is 8.46. The molecule has 5 nitrogen and oxygen atoms in total. The van der Waals surface area contributed by atoms with Crippen molar-refractivity contribution in [1.29, 1.82) is 0 Å². The van der Waals surface area contributed by atoms with Crippen LogP contribution in [0.5, 0.6) is 0 Å². The Labute approximate surface area is 102 Å². The molecule has 94 valence electrons. The molecule has 1 aliphatic heterocycles. The van der Waals surface area contributed by atoms with E-state index in [1.54, 1.807) is 6.33 Å². The molecule has 0 spiro atoms. The Balaban J connectivity index is 1.91. The second kappa shape index (κ2) is 5.42. The van der Waals surface area contributed by atoms with Gasteiger partial charge in [-0.05, 0) is 13.8 Å². The Morgan fingerprint density at radius 2 is 2.00 bits per heavy atom. The number of aliphatic hydroxyl groups is 1. The molecule has 17 heavy (non-hydrogen) atoms. The molecule has 1 N–H and O–H groups in total. The Hall–Kier alpha value is -1.20. The van der Waals surface area contributed by atoms with Gasteiger partial charge in [-0.3, -0.25) is 4.90 Å². The minimum Gasteiger partial charge on any atom is -0.392 e. The number of aryl methyl sites for hydroxylation is 1. The van der Waals surface area contributed by atoms with Crippen molar-refractivity contribution in [2.45, 2.75) is 20.0 Å². The second-order valence-electron chi connectivity index (χ2n) is 4.65. The first-order valence-electron chi connectivity index (χ1n) is 6.09. The van der Waals surface area contributed by atoms with E-state index < -0.39 is 0 Å². The average molecular weight is 236 g/mol. The molecule has 5 heteroatoms. The number of anilines is 1. The Kier molecular flexibility index (Phi) is 3.91. The number of nitrogens with zero attached hydrogens (tertiary/aromatic N) is 4. The molecule has 0 saturated carbocycles. The highest BCUT2D eigenvalue weighted by atomic mass is 16.3. The predicted octanol–water partition coefficient (Wildman–Crippen LogP) is 0.288. The lowest BCUT2D eigenvalue weighted by molar-refractivity contribution is 0.122. The minimum atomic E-state index is -0.247. The smallest absolute Gasteiger partial charge is 0.132 e. The summed E-state index contributed by atoms with van der Waals surface area (Å²) in [5.41, 5.74) is 1.00. The van der Waals surface area contributed by atoms with Crippen molar-refractivity contribution in [3.8, 4) is 0 Å². The molecule has 0 amide bonds. The van der Waals surface area contributed by atoms with Crippen LogP contribution in [0, 0.1) is 6.92 Å². The third kappa shape index (κ3) is 3.38. The van der Waals surface area contributed by atoms with E-state index in [9.17, 15) is 5.11 Å². The van der Waals surface area contributed by atoms with Crippen LogP contribution in [0.3, 0.4) is 0 Å². The van der Waals surface area contributed by atoms with E-state index >= 15 is 0 Å². The van der Waals surface area contributed by atoms with Crippen molar-refractivity contribution >= 4 is 5.82 Å². The standard InChI is InChI=1S/C12H20N4O/c1-10-7-12(14-9-13-10)16-5-3-15(4-6-16)8-11(2)17/h7,9,11,17H,3-6,8H2,1-2H3/t11-/m1/s1. The van der Waals surface area contributed by atoms with Crippen LogP contribution >= 0.6 is 0 Å². The Morgan fingerprint density at radius 3 is 2.59 bits per heavy atom. The van der Waals surface area contributed by atoms with Gasteiger partial charge < -0.3 is 10.0 Å². The van der Waals surface area contributed by atoms with Crippen LogP contribution in [0.2, 0.25) is 0 Å². The van der Waals surface area contributed by atoms with E-state index in [-0.39, 0.29) is 6.10 Å². The first-order chi connectivity index (χ1) is 8.15. The molecule has 0 bridgehead atoms. The van der Waals surface area contributed by atoms with Gasteiger partial charge >= 0.3 is 0 Å². The quantitative estimate of drug-likeness (QED) is 0.817. The van der Waals surface area contributed by atoms with E-state index in [0.717, 1.165) is 44.2 Å². The van der Waals surface area contributed by atoms with Gasteiger partial charge in [0.2, 0.25) is 0 Å². The maximum absolute atomic E-state index is 9.35. The van der Waals surface area contributed by atoms with Crippen LogP contribution in [-0.2, 0) is 0 Å². The fraction of sp³-hybridized carbons (Fsp3) is 0.667. The number of aromatic nitrogens is 2. The van der Waals surface area contributed by atoms with Crippen molar-refractivity contribution in [3.05, 3.63) is 18.1 Å². The normalized spacial score (nSPS) is 19.4. The molecule has 1 atom stereocenters. The van der Waals surface area contributed by atoms with Gasteiger partial charge in [0.05, 0.1) is 6.10 Å². The Morgan fingerprint density at radius 1 is 1.29 bits per heavy atom. The largest absolute Gasteiger partial charge is 0.392 e. The van der Waals surface area contributed by atoms with Gasteiger partial charge in [0.15, 0.2) is 0 Å². The molecule has 0 aromatic carbocycles. The summed E-state index contributed by atoms with van der Waals surface area (Å²) in [6.07, 6.45) is 1.37. The van der Waals surface area contributed by atoms with E-state index in [0.29, 0.717) is 0 Å². The maximum Gasteiger partial charge on any atom is 0.132 e. The molecule has 1 saturated heterocycles.